The number of benzene rings is 1. The number of anilines is 1. The normalized spacial score (nSPS) is 10.9. The van der Waals surface area contributed by atoms with E-state index in [2.05, 4.69) is 10.3 Å². The molecule has 0 fully saturated rings. The maximum absolute atomic E-state index is 12.1. The molecule has 118 valence electrons. The second-order valence-electron chi connectivity index (χ2n) is 5.32. The van der Waals surface area contributed by atoms with Crippen LogP contribution in [0.25, 0.3) is 6.08 Å². The van der Waals surface area contributed by atoms with Gasteiger partial charge in [0.1, 0.15) is 0 Å². The number of allylic oxidation sites excluding steroid dienone is 1. The van der Waals surface area contributed by atoms with E-state index in [1.54, 1.807) is 41.4 Å². The first-order valence-corrected chi connectivity index (χ1v) is 7.22. The molecule has 0 radical (unpaired) electrons. The van der Waals surface area contributed by atoms with Gasteiger partial charge in [-0.3, -0.25) is 14.6 Å². The van der Waals surface area contributed by atoms with Crippen molar-refractivity contribution in [2.45, 2.75) is 0 Å². The average molecular weight is 309 g/mol. The van der Waals surface area contributed by atoms with Gasteiger partial charge < -0.3 is 10.2 Å². The van der Waals surface area contributed by atoms with Gasteiger partial charge in [-0.25, -0.2) is 0 Å². The molecule has 0 unspecified atom stereocenters. The van der Waals surface area contributed by atoms with Crippen LogP contribution in [-0.2, 0) is 4.79 Å². The Kier molecular flexibility index (Phi) is 5.77. The molecule has 0 aliphatic heterocycles. The Labute approximate surface area is 135 Å². The van der Waals surface area contributed by atoms with Crippen LogP contribution >= 0.6 is 0 Å². The lowest BCUT2D eigenvalue weighted by Gasteiger charge is -2.10. The molecule has 1 amide bonds. The number of pyridine rings is 1. The van der Waals surface area contributed by atoms with E-state index in [1.807, 2.05) is 32.3 Å². The van der Waals surface area contributed by atoms with E-state index >= 15 is 0 Å². The maximum Gasteiger partial charge on any atom is 0.238 e. The number of carbonyl (C=O) groups is 2. The van der Waals surface area contributed by atoms with Crippen LogP contribution in [0.15, 0.2) is 54.7 Å². The number of hydrogen-bond donors (Lipinski definition) is 1. The molecule has 0 atom stereocenters. The Hall–Kier alpha value is -2.79. The molecule has 23 heavy (non-hydrogen) atoms. The van der Waals surface area contributed by atoms with Crippen LogP contribution in [0.3, 0.4) is 0 Å². The predicted molar refractivity (Wildman–Crippen MR) is 91.2 cm³/mol. The van der Waals surface area contributed by atoms with Crippen molar-refractivity contribution in [1.29, 1.82) is 0 Å². The molecular formula is C18H19N3O2. The van der Waals surface area contributed by atoms with Crippen molar-refractivity contribution in [2.75, 3.05) is 26.0 Å². The summed E-state index contributed by atoms with van der Waals surface area (Å²) in [6.45, 7) is 0.313. The van der Waals surface area contributed by atoms with Crippen LogP contribution in [0.2, 0.25) is 0 Å². The molecule has 2 rings (SSSR count). The van der Waals surface area contributed by atoms with E-state index in [0.29, 0.717) is 17.8 Å². The number of hydrogen-bond acceptors (Lipinski definition) is 4. The van der Waals surface area contributed by atoms with Crippen LogP contribution < -0.4 is 5.32 Å². The second-order valence-corrected chi connectivity index (χ2v) is 5.32. The minimum absolute atomic E-state index is 0.0934. The topological polar surface area (TPSA) is 62.3 Å². The van der Waals surface area contributed by atoms with E-state index in [1.165, 1.54) is 6.08 Å². The number of aromatic nitrogens is 1. The van der Waals surface area contributed by atoms with E-state index < -0.39 is 0 Å². The van der Waals surface area contributed by atoms with Gasteiger partial charge in [-0.15, -0.1) is 0 Å². The van der Waals surface area contributed by atoms with Gasteiger partial charge in [0.2, 0.25) is 5.91 Å². The van der Waals surface area contributed by atoms with Crippen LogP contribution in [0.4, 0.5) is 5.69 Å². The fourth-order valence-electron chi connectivity index (χ4n) is 1.94. The van der Waals surface area contributed by atoms with Crippen LogP contribution in [-0.4, -0.2) is 42.2 Å². The highest BCUT2D eigenvalue weighted by Crippen LogP contribution is 2.11. The summed E-state index contributed by atoms with van der Waals surface area (Å²) in [7, 11) is 3.66. The minimum atomic E-state index is -0.109. The largest absolute Gasteiger partial charge is 0.325 e. The molecule has 1 aromatic heterocycles. The molecule has 0 aliphatic rings. The first-order chi connectivity index (χ1) is 11.0. The summed E-state index contributed by atoms with van der Waals surface area (Å²) >= 11 is 0. The number of nitrogens with zero attached hydrogens (tertiary/aromatic N) is 2. The second kappa shape index (κ2) is 8.00. The molecule has 0 aliphatic carbocycles. The third kappa shape index (κ3) is 5.48. The molecule has 2 aromatic rings. The third-order valence-electron chi connectivity index (χ3n) is 3.01. The Morgan fingerprint density at radius 2 is 1.87 bits per heavy atom. The molecule has 0 saturated carbocycles. The summed E-state index contributed by atoms with van der Waals surface area (Å²) < 4.78 is 0. The van der Waals surface area contributed by atoms with E-state index in [0.717, 1.165) is 5.69 Å². The fraction of sp³-hybridized carbons (Fsp3) is 0.167. The molecule has 5 heteroatoms. The smallest absolute Gasteiger partial charge is 0.238 e. The summed E-state index contributed by atoms with van der Waals surface area (Å²) in [5.41, 5.74) is 1.96. The highest BCUT2D eigenvalue weighted by Gasteiger charge is 2.05. The number of rotatable bonds is 6. The monoisotopic (exact) mass is 309 g/mol. The third-order valence-corrected chi connectivity index (χ3v) is 3.01. The summed E-state index contributed by atoms with van der Waals surface area (Å²) in [4.78, 5) is 29.7. The van der Waals surface area contributed by atoms with Crippen molar-refractivity contribution < 1.29 is 9.59 Å². The van der Waals surface area contributed by atoms with Crippen molar-refractivity contribution in [3.63, 3.8) is 0 Å². The van der Waals surface area contributed by atoms with E-state index in [4.69, 9.17) is 0 Å². The summed E-state index contributed by atoms with van der Waals surface area (Å²) in [5.74, 6) is -0.203. The van der Waals surface area contributed by atoms with Gasteiger partial charge in [-0.05, 0) is 62.6 Å². The first kappa shape index (κ1) is 16.6. The van der Waals surface area contributed by atoms with Gasteiger partial charge in [0, 0.05) is 17.4 Å². The molecule has 1 aromatic carbocycles. The standard InChI is InChI=1S/C18H19N3O2/c1-21(2)13-18(23)20-16-8-6-14(7-9-16)17(22)11-10-15-5-3-4-12-19-15/h3-12H,13H2,1-2H3,(H,20,23). The lowest BCUT2D eigenvalue weighted by molar-refractivity contribution is -0.116. The lowest BCUT2D eigenvalue weighted by Crippen LogP contribution is -2.27. The van der Waals surface area contributed by atoms with Crippen molar-refractivity contribution in [3.8, 4) is 0 Å². The zero-order chi connectivity index (χ0) is 16.7. The number of amides is 1. The van der Waals surface area contributed by atoms with Gasteiger partial charge in [0.25, 0.3) is 0 Å². The van der Waals surface area contributed by atoms with Crippen molar-refractivity contribution >= 4 is 23.5 Å². The molecule has 1 heterocycles. The Bertz CT molecular complexity index is 692. The van der Waals surface area contributed by atoms with Gasteiger partial charge >= 0.3 is 0 Å². The van der Waals surface area contributed by atoms with Crippen LogP contribution in [0.5, 0.6) is 0 Å². The minimum Gasteiger partial charge on any atom is -0.325 e. The zero-order valence-corrected chi connectivity index (χ0v) is 13.2. The molecule has 1 N–H and O–H groups in total. The fourth-order valence-corrected chi connectivity index (χ4v) is 1.94. The molecule has 0 spiro atoms. The number of likely N-dealkylation sites (N-methyl/N-ethyl adjacent to an activating group) is 1. The van der Waals surface area contributed by atoms with Gasteiger partial charge in [0.15, 0.2) is 5.78 Å². The Balaban J connectivity index is 1.97. The lowest BCUT2D eigenvalue weighted by atomic mass is 10.1. The van der Waals surface area contributed by atoms with Gasteiger partial charge in [-0.1, -0.05) is 6.07 Å². The van der Waals surface area contributed by atoms with Crippen LogP contribution in [0, 0.1) is 0 Å². The SMILES string of the molecule is CN(C)CC(=O)Nc1ccc(C(=O)C=Cc2ccccn2)cc1. The number of ketones is 1. The molecule has 0 bridgehead atoms. The zero-order valence-electron chi connectivity index (χ0n) is 13.2. The van der Waals surface area contributed by atoms with Gasteiger partial charge in [0.05, 0.1) is 12.2 Å². The van der Waals surface area contributed by atoms with E-state index in [9.17, 15) is 9.59 Å². The molecule has 5 nitrogen and oxygen atoms in total. The van der Waals surface area contributed by atoms with Crippen molar-refractivity contribution in [2.24, 2.45) is 0 Å². The number of carbonyl (C=O) groups excluding carboxylic acids is 2. The Morgan fingerprint density at radius 1 is 1.13 bits per heavy atom. The highest BCUT2D eigenvalue weighted by atomic mass is 16.2. The summed E-state index contributed by atoms with van der Waals surface area (Å²) in [6.07, 6.45) is 4.84. The van der Waals surface area contributed by atoms with Crippen molar-refractivity contribution in [3.05, 3.63) is 66.0 Å². The maximum atomic E-state index is 12.1. The van der Waals surface area contributed by atoms with Gasteiger partial charge in [-0.2, -0.15) is 0 Å². The molecule has 0 saturated heterocycles. The highest BCUT2D eigenvalue weighted by molar-refractivity contribution is 6.07. The number of nitrogens with one attached hydrogen (secondary N) is 1. The van der Waals surface area contributed by atoms with Crippen LogP contribution in [0.1, 0.15) is 16.1 Å². The average Bonchev–Trinajstić information content (AvgIpc) is 2.53. The quantitative estimate of drug-likeness (QED) is 0.658. The predicted octanol–water partition coefficient (Wildman–Crippen LogP) is 2.48. The summed E-state index contributed by atoms with van der Waals surface area (Å²) in [6, 6.07) is 12.3. The van der Waals surface area contributed by atoms with E-state index in [-0.39, 0.29) is 11.7 Å². The first-order valence-electron chi connectivity index (χ1n) is 7.22. The molecular weight excluding hydrogens is 290 g/mol. The Morgan fingerprint density at radius 3 is 2.48 bits per heavy atom. The summed E-state index contributed by atoms with van der Waals surface area (Å²) in [5, 5.41) is 2.78. The van der Waals surface area contributed by atoms with Crippen molar-refractivity contribution in [1.82, 2.24) is 9.88 Å².